The van der Waals surface area contributed by atoms with Gasteiger partial charge in [0, 0.05) is 65.9 Å². The molecule has 66 heavy (non-hydrogen) atoms. The third-order valence-electron chi connectivity index (χ3n) is 13.5. The average Bonchev–Trinajstić information content (AvgIpc) is 4.11. The van der Waals surface area contributed by atoms with E-state index in [2.05, 4.69) is 194 Å². The third-order valence-corrected chi connectivity index (χ3v) is 13.5. The summed E-state index contributed by atoms with van der Waals surface area (Å²) in [7, 11) is 0. The van der Waals surface area contributed by atoms with Crippen LogP contribution >= 0.6 is 0 Å². The molecule has 8 nitrogen and oxygen atoms in total. The van der Waals surface area contributed by atoms with Crippen molar-refractivity contribution in [2.75, 3.05) is 0 Å². The van der Waals surface area contributed by atoms with Crippen LogP contribution in [0.4, 0.5) is 0 Å². The molecule has 0 radical (unpaired) electrons. The molecule has 0 saturated heterocycles. The number of allylic oxidation sites excluding steroid dienone is 1. The summed E-state index contributed by atoms with van der Waals surface area (Å²) in [5.74, 6) is 1.58. The topological polar surface area (TPSA) is 82.2 Å². The van der Waals surface area contributed by atoms with E-state index in [1.807, 2.05) is 24.3 Å². The van der Waals surface area contributed by atoms with Crippen molar-refractivity contribution in [2.45, 2.75) is 12.8 Å². The molecule has 5 heterocycles. The molecule has 5 aromatic heterocycles. The fraction of sp³-hybridized carbons (Fsp3) is 0.0345. The zero-order chi connectivity index (χ0) is 43.5. The number of hydrogen-bond acceptors (Lipinski definition) is 4. The summed E-state index contributed by atoms with van der Waals surface area (Å²) < 4.78 is 9.16. The first-order valence-electron chi connectivity index (χ1n) is 22.3. The van der Waals surface area contributed by atoms with Gasteiger partial charge in [0.15, 0.2) is 5.82 Å². The highest BCUT2D eigenvalue weighted by atomic mass is 15.3. The SMILES string of the molecule is N#Cc1ccc(-c2nc(-n3c4c(c5cc(-n6c7ccccc7c7ccccc76)ccc53)C=CCC4)nc(-n3c4ccccc4c4cc(-n5c6ccccc6c6ccccc65)ccc43)n2)cc1. The first-order chi connectivity index (χ1) is 32.7. The van der Waals surface area contributed by atoms with Crippen LogP contribution in [0.15, 0.2) is 188 Å². The van der Waals surface area contributed by atoms with Gasteiger partial charge in [-0.15, -0.1) is 0 Å². The van der Waals surface area contributed by atoms with Gasteiger partial charge in [-0.3, -0.25) is 9.13 Å². The second-order valence-corrected chi connectivity index (χ2v) is 17.1. The number of nitrogens with zero attached hydrogens (tertiary/aromatic N) is 8. The first-order valence-corrected chi connectivity index (χ1v) is 22.3. The molecule has 0 fully saturated rings. The molecule has 0 aliphatic heterocycles. The van der Waals surface area contributed by atoms with Gasteiger partial charge < -0.3 is 9.13 Å². The van der Waals surface area contributed by atoms with E-state index in [0.717, 1.165) is 79.2 Å². The van der Waals surface area contributed by atoms with Crippen molar-refractivity contribution in [1.29, 1.82) is 5.26 Å². The Kier molecular flexibility index (Phi) is 7.71. The van der Waals surface area contributed by atoms with Gasteiger partial charge in [0.1, 0.15) is 0 Å². The van der Waals surface area contributed by atoms with Crippen molar-refractivity contribution in [1.82, 2.24) is 33.2 Å². The smallest absolute Gasteiger partial charge is 0.240 e. The molecule has 1 aliphatic rings. The molecule has 8 aromatic carbocycles. The van der Waals surface area contributed by atoms with Crippen LogP contribution in [0.5, 0.6) is 0 Å². The predicted molar refractivity (Wildman–Crippen MR) is 267 cm³/mol. The molecule has 0 N–H and O–H groups in total. The molecule has 1 aliphatic carbocycles. The second-order valence-electron chi connectivity index (χ2n) is 17.1. The van der Waals surface area contributed by atoms with Gasteiger partial charge in [-0.2, -0.15) is 20.2 Å². The molecule has 0 unspecified atom stereocenters. The number of rotatable bonds is 5. The van der Waals surface area contributed by atoms with Crippen LogP contribution in [-0.2, 0) is 6.42 Å². The van der Waals surface area contributed by atoms with E-state index >= 15 is 0 Å². The van der Waals surface area contributed by atoms with E-state index in [9.17, 15) is 5.26 Å². The molecular weight excluding hydrogens is 809 g/mol. The number of benzene rings is 8. The Balaban J connectivity index is 1.01. The highest BCUT2D eigenvalue weighted by molar-refractivity contribution is 6.13. The van der Waals surface area contributed by atoms with Crippen LogP contribution in [0.3, 0.4) is 0 Å². The molecule has 0 saturated carbocycles. The van der Waals surface area contributed by atoms with Gasteiger partial charge in [0.25, 0.3) is 0 Å². The molecular formula is C58H36N8. The molecule has 0 spiro atoms. The number of hydrogen-bond donors (Lipinski definition) is 0. The molecule has 13 aromatic rings. The number of aromatic nitrogens is 7. The maximum atomic E-state index is 9.71. The number of nitriles is 1. The number of fused-ring (bicyclic) bond motifs is 12. The lowest BCUT2D eigenvalue weighted by molar-refractivity contribution is 0.822. The summed E-state index contributed by atoms with van der Waals surface area (Å²) in [4.78, 5) is 16.0. The number of para-hydroxylation sites is 5. The van der Waals surface area contributed by atoms with Gasteiger partial charge in [0.05, 0.1) is 50.2 Å². The lowest BCUT2D eigenvalue weighted by Gasteiger charge is -2.15. The Morgan fingerprint density at radius 1 is 0.409 bits per heavy atom. The molecule has 308 valence electrons. The normalized spacial score (nSPS) is 12.7. The van der Waals surface area contributed by atoms with Crippen LogP contribution in [0.2, 0.25) is 0 Å². The maximum absolute atomic E-state index is 9.71. The highest BCUT2D eigenvalue weighted by Crippen LogP contribution is 2.40. The van der Waals surface area contributed by atoms with E-state index < -0.39 is 0 Å². The van der Waals surface area contributed by atoms with E-state index in [4.69, 9.17) is 15.0 Å². The Labute approximate surface area is 377 Å². The third kappa shape index (κ3) is 5.22. The Hall–Kier alpha value is -9.06. The van der Waals surface area contributed by atoms with E-state index in [0.29, 0.717) is 23.3 Å². The van der Waals surface area contributed by atoms with E-state index in [1.165, 1.54) is 38.1 Å². The first kappa shape index (κ1) is 36.4. The van der Waals surface area contributed by atoms with Crippen molar-refractivity contribution in [2.24, 2.45) is 0 Å². The summed E-state index contributed by atoms with van der Waals surface area (Å²) in [6.45, 7) is 0. The minimum Gasteiger partial charge on any atom is -0.309 e. The fourth-order valence-electron chi connectivity index (χ4n) is 10.7. The van der Waals surface area contributed by atoms with Crippen molar-refractivity contribution in [3.63, 3.8) is 0 Å². The predicted octanol–water partition coefficient (Wildman–Crippen LogP) is 13.6. The maximum Gasteiger partial charge on any atom is 0.240 e. The summed E-state index contributed by atoms with van der Waals surface area (Å²) in [6, 6.07) is 66.3. The zero-order valence-corrected chi connectivity index (χ0v) is 35.5. The van der Waals surface area contributed by atoms with Crippen LogP contribution in [0.1, 0.15) is 23.2 Å². The molecule has 0 amide bonds. The lowest BCUT2D eigenvalue weighted by Crippen LogP contribution is -2.12. The molecule has 0 bridgehead atoms. The van der Waals surface area contributed by atoms with Gasteiger partial charge in [-0.1, -0.05) is 103 Å². The van der Waals surface area contributed by atoms with Crippen molar-refractivity contribution >= 4 is 82.4 Å². The van der Waals surface area contributed by atoms with Crippen molar-refractivity contribution < 1.29 is 0 Å². The minimum absolute atomic E-state index is 0.513. The Bertz CT molecular complexity index is 4140. The monoisotopic (exact) mass is 844 g/mol. The molecule has 0 atom stereocenters. The van der Waals surface area contributed by atoms with Crippen LogP contribution < -0.4 is 0 Å². The van der Waals surface area contributed by atoms with Gasteiger partial charge in [0.2, 0.25) is 11.9 Å². The van der Waals surface area contributed by atoms with Gasteiger partial charge >= 0.3 is 0 Å². The van der Waals surface area contributed by atoms with Crippen LogP contribution in [0.25, 0.3) is 117 Å². The van der Waals surface area contributed by atoms with Crippen LogP contribution in [-0.4, -0.2) is 33.2 Å². The fourth-order valence-corrected chi connectivity index (χ4v) is 10.7. The highest BCUT2D eigenvalue weighted by Gasteiger charge is 2.25. The Morgan fingerprint density at radius 3 is 1.38 bits per heavy atom. The summed E-state index contributed by atoms with van der Waals surface area (Å²) in [5, 5.41) is 18.0. The quantitative estimate of drug-likeness (QED) is 0.173. The summed E-state index contributed by atoms with van der Waals surface area (Å²) in [6.07, 6.45) is 6.27. The van der Waals surface area contributed by atoms with Gasteiger partial charge in [-0.05, 0) is 104 Å². The molecule has 14 rings (SSSR count). The van der Waals surface area contributed by atoms with E-state index in [1.54, 1.807) is 0 Å². The van der Waals surface area contributed by atoms with E-state index in [-0.39, 0.29) is 0 Å². The van der Waals surface area contributed by atoms with Gasteiger partial charge in [-0.25, -0.2) is 0 Å². The Morgan fingerprint density at radius 2 is 0.848 bits per heavy atom. The van der Waals surface area contributed by atoms with Crippen molar-refractivity contribution in [3.8, 4) is 40.7 Å². The minimum atomic E-state index is 0.513. The lowest BCUT2D eigenvalue weighted by atomic mass is 10.0. The second kappa shape index (κ2) is 14.0. The zero-order valence-electron chi connectivity index (χ0n) is 35.5. The van der Waals surface area contributed by atoms with Crippen LogP contribution in [0, 0.1) is 11.3 Å². The van der Waals surface area contributed by atoms with Crippen molar-refractivity contribution in [3.05, 3.63) is 205 Å². The summed E-state index contributed by atoms with van der Waals surface area (Å²) >= 11 is 0. The average molecular weight is 845 g/mol. The largest absolute Gasteiger partial charge is 0.309 e. The summed E-state index contributed by atoms with van der Waals surface area (Å²) in [5.41, 5.74) is 13.6. The molecule has 8 heteroatoms. The standard InChI is InChI=1S/C58H36N8/c59-35-36-25-27-37(28-26-36)56-60-57(65-52-23-11-5-17-44(52)46-33-38(29-31-54(46)65)63-48-19-7-1-13-40(48)41-14-2-8-20-49(41)63)62-58(61-56)66-53-24-12-6-18-45(53)47-34-39(30-32-55(47)66)64-50-21-9-3-15-42(50)43-16-4-10-22-51(43)64/h1-11,13-23,25-34H,12,24H2.